The molecule has 0 aromatic heterocycles. The Bertz CT molecular complexity index is 227. The van der Waals surface area contributed by atoms with Gasteiger partial charge in [0, 0.05) is 0 Å². The number of carbonyl (C=O) groups excluding carboxylic acids is 1. The van der Waals surface area contributed by atoms with Crippen LogP contribution < -0.4 is 0 Å². The quantitative estimate of drug-likeness (QED) is 0.716. The highest BCUT2D eigenvalue weighted by Crippen LogP contribution is 2.15. The van der Waals surface area contributed by atoms with Gasteiger partial charge in [-0.15, -0.1) is 0 Å². The van der Waals surface area contributed by atoms with Crippen molar-refractivity contribution < 1.29 is 19.4 Å². The van der Waals surface area contributed by atoms with E-state index in [0.717, 1.165) is 6.42 Å². The van der Waals surface area contributed by atoms with Gasteiger partial charge < -0.3 is 9.84 Å². The summed E-state index contributed by atoms with van der Waals surface area (Å²) >= 11 is 0. The first kappa shape index (κ1) is 13.9. The van der Waals surface area contributed by atoms with Crippen LogP contribution in [0.15, 0.2) is 0 Å². The number of rotatable bonds is 5. The van der Waals surface area contributed by atoms with Crippen molar-refractivity contribution in [1.82, 2.24) is 0 Å². The van der Waals surface area contributed by atoms with Gasteiger partial charge in [-0.05, 0) is 27.2 Å². The molecule has 0 unspecified atom stereocenters. The Labute approximate surface area is 90.6 Å². The second kappa shape index (κ2) is 5.73. The molecule has 0 rings (SSSR count). The molecule has 88 valence electrons. The van der Waals surface area contributed by atoms with Gasteiger partial charge in [0.15, 0.2) is 0 Å². The summed E-state index contributed by atoms with van der Waals surface area (Å²) in [5.74, 6) is -1.99. The van der Waals surface area contributed by atoms with Gasteiger partial charge in [0.1, 0.15) is 5.60 Å². The fourth-order valence-corrected chi connectivity index (χ4v) is 1.25. The molecule has 1 N–H and O–H groups in total. The molecule has 0 saturated carbocycles. The van der Waals surface area contributed by atoms with Gasteiger partial charge in [-0.2, -0.15) is 0 Å². The number of carboxylic acids is 1. The average Bonchev–Trinajstić information content (AvgIpc) is 1.99. The average molecular weight is 216 g/mol. The van der Waals surface area contributed by atoms with Gasteiger partial charge in [0.2, 0.25) is 0 Å². The number of hydrogen-bond donors (Lipinski definition) is 1. The minimum atomic E-state index is -0.928. The van der Waals surface area contributed by atoms with Crippen molar-refractivity contribution in [3.8, 4) is 0 Å². The number of hydrogen-bond acceptors (Lipinski definition) is 3. The summed E-state index contributed by atoms with van der Waals surface area (Å²) in [6.07, 6.45) is 1.22. The van der Waals surface area contributed by atoms with E-state index >= 15 is 0 Å². The zero-order chi connectivity index (χ0) is 12.1. The Morgan fingerprint density at radius 2 is 1.87 bits per heavy atom. The fraction of sp³-hybridized carbons (Fsp3) is 0.818. The van der Waals surface area contributed by atoms with Crippen molar-refractivity contribution in [2.75, 3.05) is 0 Å². The number of aliphatic carboxylic acids is 1. The Kier molecular flexibility index (Phi) is 5.33. The molecule has 0 aliphatic carbocycles. The third-order valence-corrected chi connectivity index (χ3v) is 1.82. The minimum absolute atomic E-state index is 0.0412. The van der Waals surface area contributed by atoms with Crippen molar-refractivity contribution in [3.63, 3.8) is 0 Å². The number of carbonyl (C=O) groups is 2. The first-order valence-electron chi connectivity index (χ1n) is 5.21. The zero-order valence-electron chi connectivity index (χ0n) is 9.87. The van der Waals surface area contributed by atoms with Crippen LogP contribution in [0.2, 0.25) is 0 Å². The summed E-state index contributed by atoms with van der Waals surface area (Å²) < 4.78 is 5.06. The Morgan fingerprint density at radius 3 is 2.20 bits per heavy atom. The maximum atomic E-state index is 11.4. The van der Waals surface area contributed by atoms with E-state index in [1.165, 1.54) is 0 Å². The van der Waals surface area contributed by atoms with Gasteiger partial charge in [0.05, 0.1) is 12.3 Å². The molecule has 0 aliphatic rings. The van der Waals surface area contributed by atoms with Crippen LogP contribution in [0.3, 0.4) is 0 Å². The maximum Gasteiger partial charge on any atom is 0.307 e. The molecule has 0 radical (unpaired) electrons. The highest BCUT2D eigenvalue weighted by molar-refractivity contribution is 5.78. The lowest BCUT2D eigenvalue weighted by molar-refractivity contribution is -0.159. The minimum Gasteiger partial charge on any atom is -0.481 e. The number of esters is 1. The van der Waals surface area contributed by atoms with Crippen LogP contribution in [0.1, 0.15) is 47.0 Å². The van der Waals surface area contributed by atoms with E-state index in [1.807, 2.05) is 6.92 Å². The first-order valence-corrected chi connectivity index (χ1v) is 5.21. The molecule has 0 spiro atoms. The smallest absolute Gasteiger partial charge is 0.307 e. The SMILES string of the molecule is CCC[C@H](CC(=O)OC(C)(C)C)C(=O)O. The molecule has 15 heavy (non-hydrogen) atoms. The normalized spacial score (nSPS) is 13.3. The molecular formula is C11H20O4. The molecule has 0 aromatic carbocycles. The summed E-state index contributed by atoms with van der Waals surface area (Å²) in [6.45, 7) is 7.19. The summed E-state index contributed by atoms with van der Waals surface area (Å²) in [5, 5.41) is 8.84. The Hall–Kier alpha value is -1.06. The van der Waals surface area contributed by atoms with Gasteiger partial charge in [-0.3, -0.25) is 9.59 Å². The summed E-state index contributed by atoms with van der Waals surface area (Å²) in [5.41, 5.74) is -0.549. The van der Waals surface area contributed by atoms with Crippen LogP contribution in [0, 0.1) is 5.92 Å². The van der Waals surface area contributed by atoms with Crippen molar-refractivity contribution >= 4 is 11.9 Å². The van der Waals surface area contributed by atoms with E-state index in [4.69, 9.17) is 9.84 Å². The molecule has 1 atom stereocenters. The molecule has 0 bridgehead atoms. The van der Waals surface area contributed by atoms with Gasteiger partial charge in [0.25, 0.3) is 0 Å². The first-order chi connectivity index (χ1) is 6.76. The lowest BCUT2D eigenvalue weighted by atomic mass is 10.00. The van der Waals surface area contributed by atoms with Crippen molar-refractivity contribution in [2.45, 2.75) is 52.6 Å². The van der Waals surface area contributed by atoms with Crippen LogP contribution in [0.4, 0.5) is 0 Å². The molecule has 0 aliphatic heterocycles. The number of ether oxygens (including phenoxy) is 1. The molecule has 0 amide bonds. The third kappa shape index (κ3) is 6.94. The van der Waals surface area contributed by atoms with E-state index in [-0.39, 0.29) is 6.42 Å². The van der Waals surface area contributed by atoms with Crippen molar-refractivity contribution in [3.05, 3.63) is 0 Å². The van der Waals surface area contributed by atoms with E-state index in [0.29, 0.717) is 6.42 Å². The summed E-state index contributed by atoms with van der Waals surface area (Å²) in [7, 11) is 0. The predicted octanol–water partition coefficient (Wildman–Crippen LogP) is 2.22. The van der Waals surface area contributed by atoms with Crippen LogP contribution in [-0.4, -0.2) is 22.6 Å². The molecule has 0 saturated heterocycles. The van der Waals surface area contributed by atoms with Crippen LogP contribution in [0.5, 0.6) is 0 Å². The summed E-state index contributed by atoms with van der Waals surface area (Å²) in [6, 6.07) is 0. The van der Waals surface area contributed by atoms with Crippen LogP contribution >= 0.6 is 0 Å². The highest BCUT2D eigenvalue weighted by Gasteiger charge is 2.24. The standard InChI is InChI=1S/C11H20O4/c1-5-6-8(10(13)14)7-9(12)15-11(2,3)4/h8H,5-7H2,1-4H3,(H,13,14)/t8-/m1/s1. The maximum absolute atomic E-state index is 11.4. The van der Waals surface area contributed by atoms with Gasteiger partial charge in [-0.1, -0.05) is 13.3 Å². The highest BCUT2D eigenvalue weighted by atomic mass is 16.6. The van der Waals surface area contributed by atoms with E-state index in [1.54, 1.807) is 20.8 Å². The lowest BCUT2D eigenvalue weighted by Crippen LogP contribution is -2.27. The topological polar surface area (TPSA) is 63.6 Å². The van der Waals surface area contributed by atoms with E-state index in [2.05, 4.69) is 0 Å². The fourth-order valence-electron chi connectivity index (χ4n) is 1.25. The Morgan fingerprint density at radius 1 is 1.33 bits per heavy atom. The summed E-state index contributed by atoms with van der Waals surface area (Å²) in [4.78, 5) is 22.1. The molecule has 0 heterocycles. The van der Waals surface area contributed by atoms with Crippen molar-refractivity contribution in [2.24, 2.45) is 5.92 Å². The largest absolute Gasteiger partial charge is 0.481 e. The zero-order valence-corrected chi connectivity index (χ0v) is 9.87. The van der Waals surface area contributed by atoms with Crippen LogP contribution in [0.25, 0.3) is 0 Å². The monoisotopic (exact) mass is 216 g/mol. The third-order valence-electron chi connectivity index (χ3n) is 1.82. The molecular weight excluding hydrogens is 196 g/mol. The lowest BCUT2D eigenvalue weighted by Gasteiger charge is -2.20. The van der Waals surface area contributed by atoms with Gasteiger partial charge >= 0.3 is 11.9 Å². The van der Waals surface area contributed by atoms with Gasteiger partial charge in [-0.25, -0.2) is 0 Å². The molecule has 0 fully saturated rings. The van der Waals surface area contributed by atoms with E-state index < -0.39 is 23.5 Å². The van der Waals surface area contributed by atoms with Crippen molar-refractivity contribution in [1.29, 1.82) is 0 Å². The molecule has 4 heteroatoms. The van der Waals surface area contributed by atoms with Crippen LogP contribution in [-0.2, 0) is 14.3 Å². The predicted molar refractivity (Wildman–Crippen MR) is 56.5 cm³/mol. The second-order valence-electron chi connectivity index (χ2n) is 4.61. The Balaban J connectivity index is 4.18. The molecule has 4 nitrogen and oxygen atoms in total. The number of carboxylic acid groups (broad SMARTS) is 1. The molecule has 0 aromatic rings. The second-order valence-corrected chi connectivity index (χ2v) is 4.61. The van der Waals surface area contributed by atoms with E-state index in [9.17, 15) is 9.59 Å².